The van der Waals surface area contributed by atoms with Gasteiger partial charge in [0.1, 0.15) is 0 Å². The van der Waals surface area contributed by atoms with Gasteiger partial charge in [-0.05, 0) is 64.0 Å². The maximum Gasteiger partial charge on any atom is 0.0314 e. The second-order valence-electron chi connectivity index (χ2n) is 6.88. The van der Waals surface area contributed by atoms with Crippen molar-refractivity contribution in [3.8, 4) is 0 Å². The molecular weight excluding hydrogens is 246 g/mol. The third-order valence-corrected chi connectivity index (χ3v) is 5.15. The molecule has 0 radical (unpaired) electrons. The highest BCUT2D eigenvalue weighted by Gasteiger charge is 2.45. The minimum Gasteiger partial charge on any atom is -0.399 e. The number of likely N-dealkylation sites (tertiary alicyclic amines) is 1. The normalized spacial score (nSPS) is 25.9. The van der Waals surface area contributed by atoms with Gasteiger partial charge in [-0.1, -0.05) is 12.1 Å². The van der Waals surface area contributed by atoms with Crippen molar-refractivity contribution in [2.45, 2.75) is 37.1 Å². The molecular formula is C17H27N3. The first-order valence-electron chi connectivity index (χ1n) is 7.84. The van der Waals surface area contributed by atoms with E-state index < -0.39 is 0 Å². The van der Waals surface area contributed by atoms with Crippen molar-refractivity contribution in [1.82, 2.24) is 9.80 Å². The van der Waals surface area contributed by atoms with Gasteiger partial charge in [0.15, 0.2) is 0 Å². The number of nitrogen functional groups attached to an aromatic ring is 1. The zero-order valence-electron chi connectivity index (χ0n) is 12.8. The molecule has 1 atom stereocenters. The number of piperidine rings is 1. The van der Waals surface area contributed by atoms with E-state index in [1.165, 1.54) is 50.9 Å². The molecule has 3 heteroatoms. The van der Waals surface area contributed by atoms with Gasteiger partial charge in [0.25, 0.3) is 0 Å². The predicted molar refractivity (Wildman–Crippen MR) is 84.9 cm³/mol. The van der Waals surface area contributed by atoms with E-state index in [0.29, 0.717) is 5.41 Å². The molecule has 3 rings (SSSR count). The van der Waals surface area contributed by atoms with E-state index in [-0.39, 0.29) is 0 Å². The molecule has 2 aliphatic rings. The minimum atomic E-state index is 0.401. The number of hydrogen-bond donors (Lipinski definition) is 1. The van der Waals surface area contributed by atoms with Gasteiger partial charge in [-0.2, -0.15) is 0 Å². The summed E-state index contributed by atoms with van der Waals surface area (Å²) in [6.07, 6.45) is 5.33. The monoisotopic (exact) mass is 273 g/mol. The predicted octanol–water partition coefficient (Wildman–Crippen LogP) is 2.33. The number of benzene rings is 1. The van der Waals surface area contributed by atoms with Crippen LogP contribution in [0.4, 0.5) is 5.69 Å². The molecule has 0 bridgehead atoms. The highest BCUT2D eigenvalue weighted by Crippen LogP contribution is 2.49. The molecule has 1 saturated carbocycles. The van der Waals surface area contributed by atoms with Gasteiger partial charge >= 0.3 is 0 Å². The molecule has 0 aromatic heterocycles. The Morgan fingerprint density at radius 2 is 2.00 bits per heavy atom. The first-order chi connectivity index (χ1) is 9.59. The topological polar surface area (TPSA) is 32.5 Å². The maximum atomic E-state index is 5.81. The number of likely N-dealkylation sites (N-methyl/N-ethyl adjacent to an activating group) is 2. The van der Waals surface area contributed by atoms with Crippen LogP contribution in [0.25, 0.3) is 0 Å². The molecule has 0 amide bonds. The number of rotatable bonds is 4. The first-order valence-corrected chi connectivity index (χ1v) is 7.84. The lowest BCUT2D eigenvalue weighted by molar-refractivity contribution is 0.126. The Bertz CT molecular complexity index is 450. The summed E-state index contributed by atoms with van der Waals surface area (Å²) in [5, 5.41) is 0. The van der Waals surface area contributed by atoms with Gasteiger partial charge in [0.2, 0.25) is 0 Å². The molecule has 1 aliphatic heterocycles. The molecule has 3 nitrogen and oxygen atoms in total. The second-order valence-corrected chi connectivity index (χ2v) is 6.88. The summed E-state index contributed by atoms with van der Waals surface area (Å²) in [4.78, 5) is 5.06. The Kier molecular flexibility index (Phi) is 3.74. The van der Waals surface area contributed by atoms with Crippen LogP contribution in [0.2, 0.25) is 0 Å². The SMILES string of the molecule is CN1CCCC(N(C)CC2(c3ccc(N)cc3)CC2)C1. The summed E-state index contributed by atoms with van der Waals surface area (Å²) in [5.41, 5.74) is 8.55. The average molecular weight is 273 g/mol. The summed E-state index contributed by atoms with van der Waals surface area (Å²) >= 11 is 0. The molecule has 1 aromatic rings. The van der Waals surface area contributed by atoms with E-state index >= 15 is 0 Å². The Balaban J connectivity index is 1.66. The van der Waals surface area contributed by atoms with Crippen molar-refractivity contribution in [1.29, 1.82) is 0 Å². The van der Waals surface area contributed by atoms with Gasteiger partial charge < -0.3 is 15.5 Å². The summed E-state index contributed by atoms with van der Waals surface area (Å²) in [5.74, 6) is 0. The quantitative estimate of drug-likeness (QED) is 0.855. The lowest BCUT2D eigenvalue weighted by atomic mass is 9.94. The van der Waals surface area contributed by atoms with Crippen LogP contribution in [0, 0.1) is 0 Å². The Morgan fingerprint density at radius 3 is 2.60 bits per heavy atom. The van der Waals surface area contributed by atoms with Gasteiger partial charge in [-0.15, -0.1) is 0 Å². The van der Waals surface area contributed by atoms with E-state index in [1.807, 2.05) is 12.1 Å². The number of hydrogen-bond acceptors (Lipinski definition) is 3. The fraction of sp³-hybridized carbons (Fsp3) is 0.647. The highest BCUT2D eigenvalue weighted by molar-refractivity contribution is 5.43. The molecule has 0 spiro atoms. The zero-order chi connectivity index (χ0) is 14.2. The minimum absolute atomic E-state index is 0.401. The molecule has 1 aliphatic carbocycles. The van der Waals surface area contributed by atoms with E-state index in [2.05, 4.69) is 36.0 Å². The van der Waals surface area contributed by atoms with E-state index in [0.717, 1.165) is 11.7 Å². The standard InChI is InChI=1S/C17H27N3/c1-19-11-3-4-16(12-19)20(2)13-17(9-10-17)14-5-7-15(18)8-6-14/h5-8,16H,3-4,9-13,18H2,1-2H3. The molecule has 2 fully saturated rings. The van der Waals surface area contributed by atoms with Crippen molar-refractivity contribution in [3.63, 3.8) is 0 Å². The summed E-state index contributed by atoms with van der Waals surface area (Å²) < 4.78 is 0. The summed E-state index contributed by atoms with van der Waals surface area (Å²) in [7, 11) is 4.55. The van der Waals surface area contributed by atoms with Crippen molar-refractivity contribution in [2.24, 2.45) is 0 Å². The first kappa shape index (κ1) is 13.9. The lowest BCUT2D eigenvalue weighted by Gasteiger charge is -2.37. The third-order valence-electron chi connectivity index (χ3n) is 5.15. The summed E-state index contributed by atoms with van der Waals surface area (Å²) in [6, 6.07) is 9.26. The third kappa shape index (κ3) is 2.84. The van der Waals surface area contributed by atoms with Gasteiger partial charge in [0.05, 0.1) is 0 Å². The lowest BCUT2D eigenvalue weighted by Crippen LogP contribution is -2.47. The van der Waals surface area contributed by atoms with Gasteiger partial charge in [-0.25, -0.2) is 0 Å². The number of nitrogens with zero attached hydrogens (tertiary/aromatic N) is 2. The van der Waals surface area contributed by atoms with Crippen LogP contribution in [0.5, 0.6) is 0 Å². The molecule has 1 saturated heterocycles. The summed E-state index contributed by atoms with van der Waals surface area (Å²) in [6.45, 7) is 3.66. The van der Waals surface area contributed by atoms with Crippen LogP contribution in [-0.2, 0) is 5.41 Å². The van der Waals surface area contributed by atoms with Crippen LogP contribution in [0.1, 0.15) is 31.2 Å². The van der Waals surface area contributed by atoms with Crippen LogP contribution in [0.3, 0.4) is 0 Å². The molecule has 20 heavy (non-hydrogen) atoms. The zero-order valence-corrected chi connectivity index (χ0v) is 12.8. The van der Waals surface area contributed by atoms with Crippen LogP contribution < -0.4 is 5.73 Å². The number of nitrogens with two attached hydrogens (primary N) is 1. The molecule has 1 heterocycles. The van der Waals surface area contributed by atoms with Crippen molar-refractivity contribution >= 4 is 5.69 Å². The van der Waals surface area contributed by atoms with Crippen molar-refractivity contribution < 1.29 is 0 Å². The second kappa shape index (κ2) is 5.38. The van der Waals surface area contributed by atoms with Crippen molar-refractivity contribution in [3.05, 3.63) is 29.8 Å². The van der Waals surface area contributed by atoms with Crippen LogP contribution >= 0.6 is 0 Å². The molecule has 2 N–H and O–H groups in total. The Morgan fingerprint density at radius 1 is 1.30 bits per heavy atom. The van der Waals surface area contributed by atoms with Gasteiger partial charge in [-0.3, -0.25) is 0 Å². The Labute approximate surface area is 122 Å². The van der Waals surface area contributed by atoms with Gasteiger partial charge in [0, 0.05) is 30.2 Å². The fourth-order valence-electron chi connectivity index (χ4n) is 3.63. The van der Waals surface area contributed by atoms with Crippen LogP contribution in [-0.4, -0.2) is 49.6 Å². The van der Waals surface area contributed by atoms with Crippen molar-refractivity contribution in [2.75, 3.05) is 39.5 Å². The molecule has 1 aromatic carbocycles. The van der Waals surface area contributed by atoms with E-state index in [9.17, 15) is 0 Å². The number of anilines is 1. The molecule has 110 valence electrons. The fourth-order valence-corrected chi connectivity index (χ4v) is 3.63. The highest BCUT2D eigenvalue weighted by atomic mass is 15.2. The van der Waals surface area contributed by atoms with E-state index in [1.54, 1.807) is 0 Å². The van der Waals surface area contributed by atoms with E-state index in [4.69, 9.17) is 5.73 Å². The van der Waals surface area contributed by atoms with Crippen LogP contribution in [0.15, 0.2) is 24.3 Å². The molecule has 1 unspecified atom stereocenters. The Hall–Kier alpha value is -1.06. The maximum absolute atomic E-state index is 5.81. The largest absolute Gasteiger partial charge is 0.399 e. The smallest absolute Gasteiger partial charge is 0.0314 e. The average Bonchev–Trinajstić information content (AvgIpc) is 3.20.